The van der Waals surface area contributed by atoms with Crippen LogP contribution in [-0.4, -0.2) is 0 Å². The predicted molar refractivity (Wildman–Crippen MR) is 118 cm³/mol. The monoisotopic (exact) mass is 366 g/mol. The second kappa shape index (κ2) is 5.41. The van der Waals surface area contributed by atoms with E-state index in [4.69, 9.17) is 0 Å². The predicted octanol–water partition coefficient (Wildman–Crippen LogP) is 8.09. The first-order valence-corrected chi connectivity index (χ1v) is 10.3. The highest BCUT2D eigenvalue weighted by Gasteiger charge is 2.09. The summed E-state index contributed by atoms with van der Waals surface area (Å²) in [7, 11) is 0. The van der Waals surface area contributed by atoms with Crippen molar-refractivity contribution in [3.63, 3.8) is 0 Å². The molecule has 0 bridgehead atoms. The van der Waals surface area contributed by atoms with E-state index in [0.29, 0.717) is 0 Å². The van der Waals surface area contributed by atoms with Crippen LogP contribution < -0.4 is 0 Å². The molecule has 0 spiro atoms. The Morgan fingerprint density at radius 2 is 0.808 bits per heavy atom. The SMILES string of the molecule is c1ccc2c(c1)sc1ccc(-c3ccc4sc5ccccc5c4c3)cc12. The van der Waals surface area contributed by atoms with Crippen molar-refractivity contribution in [3.05, 3.63) is 84.9 Å². The van der Waals surface area contributed by atoms with Crippen LogP contribution in [0.1, 0.15) is 0 Å². The van der Waals surface area contributed by atoms with Gasteiger partial charge in [-0.3, -0.25) is 0 Å². The largest absolute Gasteiger partial charge is 0.135 e. The first kappa shape index (κ1) is 14.5. The van der Waals surface area contributed by atoms with E-state index in [9.17, 15) is 0 Å². The third kappa shape index (κ3) is 2.06. The fourth-order valence-corrected chi connectivity index (χ4v) is 5.98. The van der Waals surface area contributed by atoms with Gasteiger partial charge in [-0.05, 0) is 47.5 Å². The first-order chi connectivity index (χ1) is 12.9. The normalized spacial score (nSPS) is 11.8. The summed E-state index contributed by atoms with van der Waals surface area (Å²) in [5.74, 6) is 0. The minimum absolute atomic E-state index is 1.29. The molecule has 2 heterocycles. The molecule has 0 amide bonds. The maximum Gasteiger partial charge on any atom is 0.0355 e. The van der Waals surface area contributed by atoms with E-state index in [1.54, 1.807) is 0 Å². The van der Waals surface area contributed by atoms with Gasteiger partial charge in [0.05, 0.1) is 0 Å². The fourth-order valence-electron chi connectivity index (χ4n) is 3.81. The number of hydrogen-bond donors (Lipinski definition) is 0. The molecule has 0 saturated carbocycles. The second-order valence-electron chi connectivity index (χ2n) is 6.62. The summed E-state index contributed by atoms with van der Waals surface area (Å²) in [6.07, 6.45) is 0. The Morgan fingerprint density at radius 1 is 0.385 bits per heavy atom. The van der Waals surface area contributed by atoms with Gasteiger partial charge in [-0.15, -0.1) is 22.7 Å². The lowest BCUT2D eigenvalue weighted by Crippen LogP contribution is -1.77. The van der Waals surface area contributed by atoms with E-state index in [0.717, 1.165) is 0 Å². The minimum Gasteiger partial charge on any atom is -0.135 e. The van der Waals surface area contributed by atoms with Gasteiger partial charge in [0.15, 0.2) is 0 Å². The molecule has 0 atom stereocenters. The molecule has 0 N–H and O–H groups in total. The lowest BCUT2D eigenvalue weighted by Gasteiger charge is -2.03. The van der Waals surface area contributed by atoms with Crippen molar-refractivity contribution in [2.75, 3.05) is 0 Å². The van der Waals surface area contributed by atoms with Crippen molar-refractivity contribution in [1.82, 2.24) is 0 Å². The van der Waals surface area contributed by atoms with Gasteiger partial charge in [-0.2, -0.15) is 0 Å². The van der Waals surface area contributed by atoms with Crippen LogP contribution in [0.25, 0.3) is 51.5 Å². The van der Waals surface area contributed by atoms with Crippen LogP contribution in [0, 0.1) is 0 Å². The van der Waals surface area contributed by atoms with Gasteiger partial charge in [0.25, 0.3) is 0 Å². The highest BCUT2D eigenvalue weighted by Crippen LogP contribution is 2.39. The summed E-state index contributed by atoms with van der Waals surface area (Å²) in [4.78, 5) is 0. The molecule has 0 nitrogen and oxygen atoms in total. The number of hydrogen-bond acceptors (Lipinski definition) is 2. The Bertz CT molecular complexity index is 1320. The van der Waals surface area contributed by atoms with Crippen LogP contribution in [0.4, 0.5) is 0 Å². The molecule has 0 aliphatic carbocycles. The van der Waals surface area contributed by atoms with Gasteiger partial charge in [0.1, 0.15) is 0 Å². The zero-order valence-corrected chi connectivity index (χ0v) is 15.5. The van der Waals surface area contributed by atoms with Crippen LogP contribution >= 0.6 is 22.7 Å². The molecule has 4 aromatic carbocycles. The quantitative estimate of drug-likeness (QED) is 0.276. The molecule has 0 unspecified atom stereocenters. The number of thiophene rings is 2. The molecule has 2 heteroatoms. The van der Waals surface area contributed by atoms with Gasteiger partial charge >= 0.3 is 0 Å². The molecule has 0 fully saturated rings. The number of rotatable bonds is 1. The molecular weight excluding hydrogens is 352 g/mol. The van der Waals surface area contributed by atoms with Crippen molar-refractivity contribution < 1.29 is 0 Å². The van der Waals surface area contributed by atoms with Crippen molar-refractivity contribution >= 4 is 63.0 Å². The average molecular weight is 367 g/mol. The first-order valence-electron chi connectivity index (χ1n) is 8.70. The zero-order chi connectivity index (χ0) is 17.1. The highest BCUT2D eigenvalue weighted by atomic mass is 32.1. The van der Waals surface area contributed by atoms with Gasteiger partial charge < -0.3 is 0 Å². The molecule has 0 aliphatic heterocycles. The third-order valence-electron chi connectivity index (χ3n) is 5.09. The third-order valence-corrected chi connectivity index (χ3v) is 7.39. The second-order valence-corrected chi connectivity index (χ2v) is 8.79. The van der Waals surface area contributed by atoms with Crippen LogP contribution in [0.5, 0.6) is 0 Å². The number of benzene rings is 4. The van der Waals surface area contributed by atoms with E-state index < -0.39 is 0 Å². The number of fused-ring (bicyclic) bond motifs is 6. The topological polar surface area (TPSA) is 0 Å². The van der Waals surface area contributed by atoms with Crippen molar-refractivity contribution in [1.29, 1.82) is 0 Å². The van der Waals surface area contributed by atoms with Gasteiger partial charge in [0.2, 0.25) is 0 Å². The maximum atomic E-state index is 2.35. The Balaban J connectivity index is 1.61. The van der Waals surface area contributed by atoms with Gasteiger partial charge in [0, 0.05) is 40.3 Å². The molecule has 0 saturated heterocycles. The molecule has 6 rings (SSSR count). The lowest BCUT2D eigenvalue weighted by atomic mass is 10.0. The van der Waals surface area contributed by atoms with E-state index in [1.807, 2.05) is 22.7 Å². The molecular formula is C24H14S2. The summed E-state index contributed by atoms with van der Waals surface area (Å²) in [5, 5.41) is 5.43. The van der Waals surface area contributed by atoms with Crippen LogP contribution in [0.2, 0.25) is 0 Å². The molecule has 6 aromatic rings. The molecule has 2 aromatic heterocycles. The molecule has 0 aliphatic rings. The lowest BCUT2D eigenvalue weighted by molar-refractivity contribution is 1.72. The molecule has 0 radical (unpaired) electrons. The molecule has 26 heavy (non-hydrogen) atoms. The van der Waals surface area contributed by atoms with Crippen LogP contribution in [0.3, 0.4) is 0 Å². The zero-order valence-electron chi connectivity index (χ0n) is 13.9. The summed E-state index contributed by atoms with van der Waals surface area (Å²) in [5.41, 5.74) is 2.58. The van der Waals surface area contributed by atoms with E-state index >= 15 is 0 Å². The van der Waals surface area contributed by atoms with E-state index in [1.165, 1.54) is 51.5 Å². The maximum absolute atomic E-state index is 2.35. The van der Waals surface area contributed by atoms with Crippen LogP contribution in [0.15, 0.2) is 84.9 Å². The summed E-state index contributed by atoms with van der Waals surface area (Å²) in [6, 6.07) is 31.1. The molecule has 122 valence electrons. The minimum atomic E-state index is 1.29. The fraction of sp³-hybridized carbons (Fsp3) is 0. The smallest absolute Gasteiger partial charge is 0.0355 e. The summed E-state index contributed by atoms with van der Waals surface area (Å²) >= 11 is 3.75. The average Bonchev–Trinajstić information content (AvgIpc) is 3.25. The van der Waals surface area contributed by atoms with E-state index in [-0.39, 0.29) is 0 Å². The Labute approximate surface area is 158 Å². The Hall–Kier alpha value is -2.68. The van der Waals surface area contributed by atoms with Crippen molar-refractivity contribution in [2.45, 2.75) is 0 Å². The summed E-state index contributed by atoms with van der Waals surface area (Å²) < 4.78 is 5.44. The van der Waals surface area contributed by atoms with Crippen LogP contribution in [-0.2, 0) is 0 Å². The van der Waals surface area contributed by atoms with Crippen molar-refractivity contribution in [3.8, 4) is 11.1 Å². The summed E-state index contributed by atoms with van der Waals surface area (Å²) in [6.45, 7) is 0. The Morgan fingerprint density at radius 3 is 1.31 bits per heavy atom. The van der Waals surface area contributed by atoms with Gasteiger partial charge in [-0.25, -0.2) is 0 Å². The van der Waals surface area contributed by atoms with Gasteiger partial charge in [-0.1, -0.05) is 48.5 Å². The van der Waals surface area contributed by atoms with E-state index in [2.05, 4.69) is 84.9 Å². The van der Waals surface area contributed by atoms with Crippen molar-refractivity contribution in [2.24, 2.45) is 0 Å². The highest BCUT2D eigenvalue weighted by molar-refractivity contribution is 7.26. The Kier molecular flexibility index (Phi) is 3.01. The standard InChI is InChI=1S/C24H14S2/c1-3-7-21-17(5-1)19-13-15(9-11-23(19)25-21)16-10-12-24-20(14-16)18-6-2-4-8-22(18)26-24/h1-14H.